The van der Waals surface area contributed by atoms with Gasteiger partial charge in [-0.2, -0.15) is 5.10 Å². The Kier molecular flexibility index (Phi) is 3.45. The lowest BCUT2D eigenvalue weighted by Gasteiger charge is -2.14. The van der Waals surface area contributed by atoms with Gasteiger partial charge in [0.25, 0.3) is 0 Å². The minimum absolute atomic E-state index is 0.306. The van der Waals surface area contributed by atoms with Crippen LogP contribution in [0.2, 0.25) is 0 Å². The van der Waals surface area contributed by atoms with E-state index in [0.717, 1.165) is 45.1 Å². The summed E-state index contributed by atoms with van der Waals surface area (Å²) in [6.45, 7) is 0. The molecule has 29 heavy (non-hydrogen) atoms. The van der Waals surface area contributed by atoms with Crippen LogP contribution in [0.25, 0.3) is 39.4 Å². The summed E-state index contributed by atoms with van der Waals surface area (Å²) in [6, 6.07) is 28.7. The predicted molar refractivity (Wildman–Crippen MR) is 113 cm³/mol. The van der Waals surface area contributed by atoms with Crippen molar-refractivity contribution in [2.24, 2.45) is 0 Å². The Morgan fingerprint density at radius 2 is 1.52 bits per heavy atom. The zero-order chi connectivity index (χ0) is 19.4. The monoisotopic (exact) mass is 378 g/mol. The van der Waals surface area contributed by atoms with E-state index in [1.165, 1.54) is 0 Å². The van der Waals surface area contributed by atoms with Crippen LogP contribution >= 0.6 is 0 Å². The van der Waals surface area contributed by atoms with Crippen molar-refractivity contribution < 1.29 is 4.74 Å². The molecule has 0 spiro atoms. The van der Waals surface area contributed by atoms with Crippen LogP contribution in [0.15, 0.2) is 84.9 Å². The smallest absolute Gasteiger partial charge is 0.181 e. The first-order chi connectivity index (χ1) is 14.4. The highest BCUT2D eigenvalue weighted by Gasteiger charge is 2.38. The molecule has 0 radical (unpaired) electrons. The molecular formula is C24H18N4O. The van der Waals surface area contributed by atoms with Crippen molar-refractivity contribution in [3.63, 3.8) is 0 Å². The molecule has 1 unspecified atom stereocenters. The molecule has 6 rings (SSSR count). The van der Waals surface area contributed by atoms with Crippen molar-refractivity contribution in [3.05, 3.63) is 90.6 Å². The van der Waals surface area contributed by atoms with Gasteiger partial charge < -0.3 is 4.74 Å². The second-order valence-corrected chi connectivity index (χ2v) is 7.10. The number of methoxy groups -OCH3 is 1. The van der Waals surface area contributed by atoms with Gasteiger partial charge in [0, 0.05) is 12.7 Å². The minimum atomic E-state index is -0.306. The lowest BCUT2D eigenvalue weighted by Crippen LogP contribution is -2.10. The molecule has 2 aromatic heterocycles. The number of aromatic nitrogens is 4. The van der Waals surface area contributed by atoms with Gasteiger partial charge in [-0.25, -0.2) is 9.67 Å². The Labute approximate surface area is 167 Å². The average Bonchev–Trinajstić information content (AvgIpc) is 3.42. The fourth-order valence-electron chi connectivity index (χ4n) is 4.24. The lowest BCUT2D eigenvalue weighted by atomic mass is 10.1. The molecule has 0 amide bonds. The van der Waals surface area contributed by atoms with Crippen molar-refractivity contribution in [1.82, 2.24) is 19.3 Å². The van der Waals surface area contributed by atoms with Crippen molar-refractivity contribution >= 4 is 11.0 Å². The number of hydrogen-bond donors (Lipinski definition) is 0. The maximum atomic E-state index is 5.92. The number of benzene rings is 3. The Bertz CT molecular complexity index is 1340. The first-order valence-corrected chi connectivity index (χ1v) is 9.60. The largest absolute Gasteiger partial charge is 0.355 e. The van der Waals surface area contributed by atoms with Crippen molar-refractivity contribution in [1.29, 1.82) is 0 Å². The van der Waals surface area contributed by atoms with E-state index in [1.54, 1.807) is 7.11 Å². The number of fused-ring (bicyclic) bond motifs is 5. The fraction of sp³-hybridized carbons (Fsp3) is 0.0833. The summed E-state index contributed by atoms with van der Waals surface area (Å²) in [5.41, 5.74) is 7.08. The maximum absolute atomic E-state index is 5.92. The van der Waals surface area contributed by atoms with E-state index in [0.29, 0.717) is 0 Å². The molecule has 1 aliphatic rings. The Balaban J connectivity index is 1.72. The topological polar surface area (TPSA) is 44.9 Å². The van der Waals surface area contributed by atoms with Crippen LogP contribution in [0, 0.1) is 0 Å². The second kappa shape index (κ2) is 6.15. The van der Waals surface area contributed by atoms with Crippen LogP contribution in [0.3, 0.4) is 0 Å². The maximum Gasteiger partial charge on any atom is 0.181 e. The van der Waals surface area contributed by atoms with Gasteiger partial charge in [-0.1, -0.05) is 60.7 Å². The Morgan fingerprint density at radius 3 is 2.28 bits per heavy atom. The van der Waals surface area contributed by atoms with Gasteiger partial charge in [-0.3, -0.25) is 4.57 Å². The van der Waals surface area contributed by atoms with Gasteiger partial charge >= 0.3 is 0 Å². The highest BCUT2D eigenvalue weighted by atomic mass is 16.5. The van der Waals surface area contributed by atoms with E-state index in [1.807, 2.05) is 47.1 Å². The third-order valence-electron chi connectivity index (χ3n) is 5.47. The van der Waals surface area contributed by atoms with Crippen molar-refractivity contribution in [3.8, 4) is 28.3 Å². The third kappa shape index (κ3) is 2.25. The molecule has 3 heterocycles. The van der Waals surface area contributed by atoms with E-state index in [4.69, 9.17) is 14.8 Å². The van der Waals surface area contributed by atoms with Crippen LogP contribution in [-0.4, -0.2) is 26.4 Å². The molecule has 5 heteroatoms. The van der Waals surface area contributed by atoms with Gasteiger partial charge in [0.1, 0.15) is 11.5 Å². The number of ether oxygens (including phenoxy) is 1. The average molecular weight is 378 g/mol. The SMILES string of the molecule is COC1c2nn(-c3ccccc3)c(-c3ccccc3)c2-c2nc3ccccc3n21. The number of rotatable bonds is 3. The number of para-hydroxylation sites is 3. The summed E-state index contributed by atoms with van der Waals surface area (Å²) in [5.74, 6) is 0.897. The van der Waals surface area contributed by atoms with Gasteiger partial charge in [-0.05, 0) is 24.3 Å². The third-order valence-corrected chi connectivity index (χ3v) is 5.47. The molecule has 0 bridgehead atoms. The molecular weight excluding hydrogens is 360 g/mol. The first-order valence-electron chi connectivity index (χ1n) is 9.60. The first kappa shape index (κ1) is 16.3. The van der Waals surface area contributed by atoms with E-state index in [2.05, 4.69) is 47.0 Å². The summed E-state index contributed by atoms with van der Waals surface area (Å²) in [7, 11) is 1.72. The number of imidazole rings is 1. The molecule has 1 atom stereocenters. The molecule has 3 aromatic carbocycles. The fourth-order valence-corrected chi connectivity index (χ4v) is 4.24. The lowest BCUT2D eigenvalue weighted by molar-refractivity contribution is 0.0845. The second-order valence-electron chi connectivity index (χ2n) is 7.10. The van der Waals surface area contributed by atoms with Crippen LogP contribution in [0.1, 0.15) is 11.9 Å². The van der Waals surface area contributed by atoms with E-state index in [-0.39, 0.29) is 6.23 Å². The molecule has 5 nitrogen and oxygen atoms in total. The van der Waals surface area contributed by atoms with E-state index < -0.39 is 0 Å². The summed E-state index contributed by atoms with van der Waals surface area (Å²) in [6.07, 6.45) is -0.306. The standard InChI is InChI=1S/C24H18N4O/c1-29-24-21-20(23-25-18-14-8-9-15-19(18)27(23)24)22(16-10-4-2-5-11-16)28(26-21)17-12-6-3-7-13-17/h2-15,24H,1H3. The van der Waals surface area contributed by atoms with Crippen LogP contribution in [0.4, 0.5) is 0 Å². The summed E-state index contributed by atoms with van der Waals surface area (Å²) >= 11 is 0. The molecule has 140 valence electrons. The zero-order valence-corrected chi connectivity index (χ0v) is 15.9. The highest BCUT2D eigenvalue weighted by molar-refractivity contribution is 5.90. The van der Waals surface area contributed by atoms with E-state index in [9.17, 15) is 0 Å². The summed E-state index contributed by atoms with van der Waals surface area (Å²) in [5, 5.41) is 5.01. The molecule has 0 saturated carbocycles. The number of hydrogen-bond acceptors (Lipinski definition) is 3. The van der Waals surface area contributed by atoms with Gasteiger partial charge in [0.05, 0.1) is 28.0 Å². The predicted octanol–water partition coefficient (Wildman–Crippen LogP) is 5.06. The molecule has 1 aliphatic heterocycles. The van der Waals surface area contributed by atoms with Crippen LogP contribution in [-0.2, 0) is 4.74 Å². The normalized spacial score (nSPS) is 14.9. The number of nitrogens with zero attached hydrogens (tertiary/aromatic N) is 4. The van der Waals surface area contributed by atoms with Gasteiger partial charge in [0.2, 0.25) is 0 Å². The molecule has 0 aliphatic carbocycles. The molecule has 0 fully saturated rings. The van der Waals surface area contributed by atoms with Gasteiger partial charge in [0.15, 0.2) is 6.23 Å². The Morgan fingerprint density at radius 1 is 0.828 bits per heavy atom. The highest BCUT2D eigenvalue weighted by Crippen LogP contribution is 2.47. The summed E-state index contributed by atoms with van der Waals surface area (Å²) < 4.78 is 10.1. The quantitative estimate of drug-likeness (QED) is 0.441. The molecule has 0 N–H and O–H groups in total. The van der Waals surface area contributed by atoms with Crippen LogP contribution in [0.5, 0.6) is 0 Å². The summed E-state index contributed by atoms with van der Waals surface area (Å²) in [4.78, 5) is 4.96. The molecule has 5 aromatic rings. The Hall–Kier alpha value is -3.70. The zero-order valence-electron chi connectivity index (χ0n) is 15.9. The van der Waals surface area contributed by atoms with Crippen molar-refractivity contribution in [2.75, 3.05) is 7.11 Å². The van der Waals surface area contributed by atoms with Crippen LogP contribution < -0.4 is 0 Å². The van der Waals surface area contributed by atoms with Crippen molar-refractivity contribution in [2.45, 2.75) is 6.23 Å². The van der Waals surface area contributed by atoms with E-state index >= 15 is 0 Å². The minimum Gasteiger partial charge on any atom is -0.355 e. The van der Waals surface area contributed by atoms with Gasteiger partial charge in [-0.15, -0.1) is 0 Å². The molecule has 0 saturated heterocycles.